The number of carbonyl (C=O) groups is 1. The second-order valence-electron chi connectivity index (χ2n) is 5.59. The Hall–Kier alpha value is -0.370. The fourth-order valence-electron chi connectivity index (χ4n) is 3.10. The monoisotopic (exact) mass is 224 g/mol. The van der Waals surface area contributed by atoms with Gasteiger partial charge in [0.1, 0.15) is 5.60 Å². The highest BCUT2D eigenvalue weighted by atomic mass is 16.5. The first-order valence-electron chi connectivity index (χ1n) is 6.91. The lowest BCUT2D eigenvalue weighted by Crippen LogP contribution is -2.44. The fourth-order valence-corrected chi connectivity index (χ4v) is 3.10. The SMILES string of the molecule is CC1(C(=O)C2CCCCCC2)CCCCO1. The van der Waals surface area contributed by atoms with E-state index in [9.17, 15) is 4.79 Å². The molecular formula is C14H24O2. The van der Waals surface area contributed by atoms with Gasteiger partial charge in [-0.1, -0.05) is 25.7 Å². The van der Waals surface area contributed by atoms with E-state index < -0.39 is 5.60 Å². The summed E-state index contributed by atoms with van der Waals surface area (Å²) in [5.41, 5.74) is -0.451. The Morgan fingerprint density at radius 3 is 2.31 bits per heavy atom. The van der Waals surface area contributed by atoms with E-state index in [2.05, 4.69) is 0 Å². The lowest BCUT2D eigenvalue weighted by molar-refractivity contribution is -0.152. The van der Waals surface area contributed by atoms with E-state index >= 15 is 0 Å². The van der Waals surface area contributed by atoms with Crippen LogP contribution in [0.15, 0.2) is 0 Å². The van der Waals surface area contributed by atoms with Gasteiger partial charge in [0.25, 0.3) is 0 Å². The first-order chi connectivity index (χ1) is 7.72. The van der Waals surface area contributed by atoms with Crippen LogP contribution in [-0.2, 0) is 9.53 Å². The molecule has 1 atom stereocenters. The Balaban J connectivity index is 1.98. The standard InChI is InChI=1S/C14H24O2/c1-14(10-6-7-11-16-14)13(15)12-8-4-2-3-5-9-12/h12H,2-11H2,1H3. The molecular weight excluding hydrogens is 200 g/mol. The van der Waals surface area contributed by atoms with Crippen LogP contribution in [0.1, 0.15) is 64.7 Å². The second-order valence-corrected chi connectivity index (χ2v) is 5.59. The van der Waals surface area contributed by atoms with E-state index in [1.807, 2.05) is 6.92 Å². The van der Waals surface area contributed by atoms with Crippen molar-refractivity contribution in [3.05, 3.63) is 0 Å². The van der Waals surface area contributed by atoms with Gasteiger partial charge in [-0.15, -0.1) is 0 Å². The average molecular weight is 224 g/mol. The van der Waals surface area contributed by atoms with E-state index in [1.165, 1.54) is 25.7 Å². The zero-order valence-electron chi connectivity index (χ0n) is 10.5. The lowest BCUT2D eigenvalue weighted by Gasteiger charge is -2.35. The summed E-state index contributed by atoms with van der Waals surface area (Å²) in [6.07, 6.45) is 10.5. The molecule has 2 nitrogen and oxygen atoms in total. The van der Waals surface area contributed by atoms with E-state index in [4.69, 9.17) is 4.74 Å². The maximum absolute atomic E-state index is 12.5. The highest BCUT2D eigenvalue weighted by molar-refractivity contribution is 5.89. The zero-order valence-corrected chi connectivity index (χ0v) is 10.5. The number of hydrogen-bond acceptors (Lipinski definition) is 2. The topological polar surface area (TPSA) is 26.3 Å². The van der Waals surface area contributed by atoms with Gasteiger partial charge in [-0.25, -0.2) is 0 Å². The Kier molecular flexibility index (Phi) is 4.01. The molecule has 2 fully saturated rings. The van der Waals surface area contributed by atoms with Gasteiger partial charge in [0.05, 0.1) is 0 Å². The summed E-state index contributed by atoms with van der Waals surface area (Å²) in [7, 11) is 0. The van der Waals surface area contributed by atoms with Crippen molar-refractivity contribution in [2.24, 2.45) is 5.92 Å². The Bertz CT molecular complexity index is 233. The Labute approximate surface area is 98.7 Å². The number of carbonyl (C=O) groups excluding carboxylic acids is 1. The molecule has 0 aromatic heterocycles. The van der Waals surface area contributed by atoms with Crippen LogP contribution in [0, 0.1) is 5.92 Å². The molecule has 1 heterocycles. The molecule has 0 radical (unpaired) electrons. The normalized spacial score (nSPS) is 33.3. The summed E-state index contributed by atoms with van der Waals surface area (Å²) >= 11 is 0. The van der Waals surface area contributed by atoms with Gasteiger partial charge in [0.2, 0.25) is 0 Å². The number of hydrogen-bond donors (Lipinski definition) is 0. The van der Waals surface area contributed by atoms with Crippen LogP contribution in [0.3, 0.4) is 0 Å². The molecule has 1 saturated carbocycles. The van der Waals surface area contributed by atoms with E-state index in [-0.39, 0.29) is 5.92 Å². The third-order valence-corrected chi connectivity index (χ3v) is 4.22. The van der Waals surface area contributed by atoms with Crippen molar-refractivity contribution in [3.8, 4) is 0 Å². The molecule has 2 aliphatic rings. The third-order valence-electron chi connectivity index (χ3n) is 4.22. The second kappa shape index (κ2) is 5.31. The average Bonchev–Trinajstić information content (AvgIpc) is 2.57. The molecule has 0 amide bonds. The van der Waals surface area contributed by atoms with Crippen molar-refractivity contribution >= 4 is 5.78 Å². The summed E-state index contributed by atoms with van der Waals surface area (Å²) in [6, 6.07) is 0. The van der Waals surface area contributed by atoms with Crippen LogP contribution in [0.4, 0.5) is 0 Å². The first kappa shape index (κ1) is 12.1. The maximum atomic E-state index is 12.5. The van der Waals surface area contributed by atoms with Crippen molar-refractivity contribution in [1.29, 1.82) is 0 Å². The van der Waals surface area contributed by atoms with Gasteiger partial charge in [0.15, 0.2) is 5.78 Å². The molecule has 0 bridgehead atoms. The van der Waals surface area contributed by atoms with Crippen LogP contribution in [0.2, 0.25) is 0 Å². The molecule has 0 N–H and O–H groups in total. The highest BCUT2D eigenvalue weighted by Gasteiger charge is 2.39. The fraction of sp³-hybridized carbons (Fsp3) is 0.929. The van der Waals surface area contributed by atoms with Crippen molar-refractivity contribution in [1.82, 2.24) is 0 Å². The largest absolute Gasteiger partial charge is 0.367 e. The lowest BCUT2D eigenvalue weighted by atomic mass is 9.81. The Morgan fingerprint density at radius 1 is 1.06 bits per heavy atom. The summed E-state index contributed by atoms with van der Waals surface area (Å²) in [6.45, 7) is 2.79. The number of ketones is 1. The van der Waals surface area contributed by atoms with Gasteiger partial charge in [-0.2, -0.15) is 0 Å². The molecule has 1 aliphatic heterocycles. The highest BCUT2D eigenvalue weighted by Crippen LogP contribution is 2.33. The number of rotatable bonds is 2. The molecule has 1 aliphatic carbocycles. The van der Waals surface area contributed by atoms with Crippen molar-refractivity contribution in [2.75, 3.05) is 6.61 Å². The molecule has 1 saturated heterocycles. The molecule has 2 heteroatoms. The predicted octanol–water partition coefficient (Wildman–Crippen LogP) is 3.49. The van der Waals surface area contributed by atoms with Crippen LogP contribution < -0.4 is 0 Å². The summed E-state index contributed by atoms with van der Waals surface area (Å²) in [5.74, 6) is 0.680. The summed E-state index contributed by atoms with van der Waals surface area (Å²) < 4.78 is 5.77. The minimum Gasteiger partial charge on any atom is -0.367 e. The number of Topliss-reactive ketones (excluding diaryl/α,β-unsaturated/α-hetero) is 1. The van der Waals surface area contributed by atoms with Crippen LogP contribution in [0.5, 0.6) is 0 Å². The van der Waals surface area contributed by atoms with Crippen molar-refractivity contribution < 1.29 is 9.53 Å². The van der Waals surface area contributed by atoms with Gasteiger partial charge < -0.3 is 4.74 Å². The van der Waals surface area contributed by atoms with Crippen molar-refractivity contribution in [3.63, 3.8) is 0 Å². The smallest absolute Gasteiger partial charge is 0.167 e. The predicted molar refractivity (Wildman–Crippen MR) is 64.4 cm³/mol. The minimum atomic E-state index is -0.451. The molecule has 0 aromatic rings. The summed E-state index contributed by atoms with van der Waals surface area (Å²) in [5, 5.41) is 0. The molecule has 2 rings (SSSR count). The van der Waals surface area contributed by atoms with Gasteiger partial charge in [-0.3, -0.25) is 4.79 Å². The third kappa shape index (κ3) is 2.65. The molecule has 16 heavy (non-hydrogen) atoms. The summed E-state index contributed by atoms with van der Waals surface area (Å²) in [4.78, 5) is 12.5. The van der Waals surface area contributed by atoms with Crippen LogP contribution >= 0.6 is 0 Å². The van der Waals surface area contributed by atoms with E-state index in [0.29, 0.717) is 5.78 Å². The maximum Gasteiger partial charge on any atom is 0.167 e. The zero-order chi connectivity index (χ0) is 11.4. The van der Waals surface area contributed by atoms with Gasteiger partial charge in [-0.05, 0) is 39.0 Å². The van der Waals surface area contributed by atoms with E-state index in [0.717, 1.165) is 38.7 Å². The minimum absolute atomic E-state index is 0.283. The van der Waals surface area contributed by atoms with Crippen LogP contribution in [-0.4, -0.2) is 18.0 Å². The van der Waals surface area contributed by atoms with Crippen LogP contribution in [0.25, 0.3) is 0 Å². The molecule has 1 unspecified atom stereocenters. The molecule has 0 aromatic carbocycles. The first-order valence-corrected chi connectivity index (χ1v) is 6.91. The Morgan fingerprint density at radius 2 is 1.75 bits per heavy atom. The quantitative estimate of drug-likeness (QED) is 0.671. The van der Waals surface area contributed by atoms with E-state index in [1.54, 1.807) is 0 Å². The number of ether oxygens (including phenoxy) is 1. The van der Waals surface area contributed by atoms with Gasteiger partial charge in [0, 0.05) is 12.5 Å². The van der Waals surface area contributed by atoms with Gasteiger partial charge >= 0.3 is 0 Å². The molecule has 92 valence electrons. The van der Waals surface area contributed by atoms with Crippen molar-refractivity contribution in [2.45, 2.75) is 70.3 Å². The molecule has 0 spiro atoms.